The van der Waals surface area contributed by atoms with Crippen LogP contribution in [0.5, 0.6) is 0 Å². The molecule has 2 rings (SSSR count). The summed E-state index contributed by atoms with van der Waals surface area (Å²) in [6, 6.07) is 5.53. The Kier molecular flexibility index (Phi) is 6.00. The van der Waals surface area contributed by atoms with Crippen LogP contribution in [0.2, 0.25) is 0 Å². The van der Waals surface area contributed by atoms with Crippen molar-refractivity contribution in [1.29, 1.82) is 0 Å². The number of nitrogens with one attached hydrogen (secondary N) is 1. The first kappa shape index (κ1) is 16.2. The monoisotopic (exact) mass is 293 g/mol. The van der Waals surface area contributed by atoms with Crippen molar-refractivity contribution in [3.63, 3.8) is 0 Å². The summed E-state index contributed by atoms with van der Waals surface area (Å²) < 4.78 is 14.0. The first-order valence-corrected chi connectivity index (χ1v) is 7.96. The second-order valence-corrected chi connectivity index (χ2v) is 6.29. The maximum absolute atomic E-state index is 14.0. The first-order chi connectivity index (χ1) is 10.1. The maximum atomic E-state index is 14.0. The molecule has 1 fully saturated rings. The summed E-state index contributed by atoms with van der Waals surface area (Å²) >= 11 is 0. The fourth-order valence-electron chi connectivity index (χ4n) is 3.04. The van der Waals surface area contributed by atoms with Gasteiger partial charge >= 0.3 is 0 Å². The molecule has 0 bridgehead atoms. The van der Waals surface area contributed by atoms with E-state index in [0.717, 1.165) is 38.6 Å². The highest BCUT2D eigenvalue weighted by atomic mass is 19.1. The molecule has 0 radical (unpaired) electrons. The Hall–Kier alpha value is -1.13. The summed E-state index contributed by atoms with van der Waals surface area (Å²) in [5.74, 6) is 0.640. The normalized spacial score (nSPS) is 19.7. The number of halogens is 1. The number of likely N-dealkylation sites (N-methyl/N-ethyl adjacent to an activating group) is 2. The lowest BCUT2D eigenvalue weighted by molar-refractivity contribution is 0.176. The SMILES string of the molecule is CNCCN(C)c1cc(CN2CCCC(C)C2)ccc1F. The van der Waals surface area contributed by atoms with E-state index in [1.807, 2.05) is 31.1 Å². The highest BCUT2D eigenvalue weighted by Crippen LogP contribution is 2.23. The van der Waals surface area contributed by atoms with E-state index in [9.17, 15) is 4.39 Å². The summed E-state index contributed by atoms with van der Waals surface area (Å²) in [5, 5.41) is 3.10. The largest absolute Gasteiger partial charge is 0.371 e. The fraction of sp³-hybridized carbons (Fsp3) is 0.647. The zero-order chi connectivity index (χ0) is 15.2. The molecule has 1 aliphatic rings. The Bertz CT molecular complexity index is 450. The smallest absolute Gasteiger partial charge is 0.146 e. The average molecular weight is 293 g/mol. The number of hydrogen-bond donors (Lipinski definition) is 1. The topological polar surface area (TPSA) is 18.5 Å². The van der Waals surface area contributed by atoms with Crippen molar-refractivity contribution in [3.8, 4) is 0 Å². The van der Waals surface area contributed by atoms with Gasteiger partial charge in [-0.2, -0.15) is 0 Å². The lowest BCUT2D eigenvalue weighted by Gasteiger charge is -2.31. The zero-order valence-corrected chi connectivity index (χ0v) is 13.5. The van der Waals surface area contributed by atoms with Gasteiger partial charge in [-0.1, -0.05) is 13.0 Å². The van der Waals surface area contributed by atoms with Crippen molar-refractivity contribution >= 4 is 5.69 Å². The predicted octanol–water partition coefficient (Wildman–Crippen LogP) is 2.71. The second kappa shape index (κ2) is 7.76. The number of anilines is 1. The maximum Gasteiger partial charge on any atom is 0.146 e. The van der Waals surface area contributed by atoms with E-state index >= 15 is 0 Å². The van der Waals surface area contributed by atoms with Crippen molar-refractivity contribution in [1.82, 2.24) is 10.2 Å². The molecule has 0 aliphatic carbocycles. The Labute approximate surface area is 128 Å². The summed E-state index contributed by atoms with van der Waals surface area (Å²) in [4.78, 5) is 4.47. The molecule has 1 atom stereocenters. The van der Waals surface area contributed by atoms with E-state index in [-0.39, 0.29) is 5.82 Å². The fourth-order valence-corrected chi connectivity index (χ4v) is 3.04. The number of nitrogens with zero attached hydrogens (tertiary/aromatic N) is 2. The van der Waals surface area contributed by atoms with Gasteiger partial charge < -0.3 is 10.2 Å². The van der Waals surface area contributed by atoms with Crippen LogP contribution < -0.4 is 10.2 Å². The van der Waals surface area contributed by atoms with Gasteiger partial charge in [-0.15, -0.1) is 0 Å². The highest BCUT2D eigenvalue weighted by molar-refractivity contribution is 5.49. The van der Waals surface area contributed by atoms with Gasteiger partial charge in [0.2, 0.25) is 0 Å². The minimum atomic E-state index is -0.135. The van der Waals surface area contributed by atoms with E-state index in [2.05, 4.69) is 17.1 Å². The van der Waals surface area contributed by atoms with Crippen molar-refractivity contribution < 1.29 is 4.39 Å². The number of piperidine rings is 1. The summed E-state index contributed by atoms with van der Waals surface area (Å²) in [6.07, 6.45) is 2.61. The Morgan fingerprint density at radius 1 is 1.43 bits per heavy atom. The van der Waals surface area contributed by atoms with Crippen LogP contribution in [-0.4, -0.2) is 45.2 Å². The number of rotatable bonds is 6. The summed E-state index contributed by atoms with van der Waals surface area (Å²) in [5.41, 5.74) is 1.91. The van der Waals surface area contributed by atoms with Crippen LogP contribution in [0.15, 0.2) is 18.2 Å². The van der Waals surface area contributed by atoms with Gasteiger partial charge in [0.05, 0.1) is 5.69 Å². The molecule has 1 unspecified atom stereocenters. The third-order valence-corrected chi connectivity index (χ3v) is 4.27. The number of hydrogen-bond acceptors (Lipinski definition) is 3. The van der Waals surface area contributed by atoms with Gasteiger partial charge in [0.15, 0.2) is 0 Å². The van der Waals surface area contributed by atoms with Crippen LogP contribution in [0.4, 0.5) is 10.1 Å². The zero-order valence-electron chi connectivity index (χ0n) is 13.5. The lowest BCUT2D eigenvalue weighted by atomic mass is 10.00. The third-order valence-electron chi connectivity index (χ3n) is 4.27. The molecule has 1 aliphatic heterocycles. The van der Waals surface area contributed by atoms with Crippen LogP contribution in [0, 0.1) is 11.7 Å². The molecule has 1 aromatic carbocycles. The molecule has 4 heteroatoms. The molecule has 1 aromatic rings. The predicted molar refractivity (Wildman–Crippen MR) is 87.3 cm³/mol. The molecule has 0 amide bonds. The Morgan fingerprint density at radius 2 is 2.24 bits per heavy atom. The molecule has 0 aromatic heterocycles. The Balaban J connectivity index is 2.03. The minimum absolute atomic E-state index is 0.135. The molecule has 0 spiro atoms. The second-order valence-electron chi connectivity index (χ2n) is 6.29. The number of benzene rings is 1. The molecule has 3 nitrogen and oxygen atoms in total. The van der Waals surface area contributed by atoms with Gasteiger partial charge in [0, 0.05) is 33.2 Å². The van der Waals surface area contributed by atoms with E-state index in [1.54, 1.807) is 6.07 Å². The standard InChI is InChI=1S/C17H28FN3/c1-14-5-4-9-21(12-14)13-15-6-7-16(18)17(11-15)20(3)10-8-19-2/h6-7,11,14,19H,4-5,8-10,12-13H2,1-3H3. The molecule has 1 N–H and O–H groups in total. The minimum Gasteiger partial charge on any atom is -0.371 e. The van der Waals surface area contributed by atoms with E-state index < -0.39 is 0 Å². The van der Waals surface area contributed by atoms with Crippen molar-refractivity contribution in [3.05, 3.63) is 29.6 Å². The van der Waals surface area contributed by atoms with Crippen molar-refractivity contribution in [2.45, 2.75) is 26.3 Å². The molecule has 1 heterocycles. The van der Waals surface area contributed by atoms with Crippen LogP contribution in [0.3, 0.4) is 0 Å². The van der Waals surface area contributed by atoms with Gasteiger partial charge in [0.1, 0.15) is 5.82 Å². The van der Waals surface area contributed by atoms with Crippen LogP contribution >= 0.6 is 0 Å². The van der Waals surface area contributed by atoms with Gasteiger partial charge in [-0.3, -0.25) is 4.90 Å². The van der Waals surface area contributed by atoms with E-state index in [1.165, 1.54) is 18.4 Å². The van der Waals surface area contributed by atoms with Gasteiger partial charge in [-0.05, 0) is 50.0 Å². The van der Waals surface area contributed by atoms with E-state index in [0.29, 0.717) is 5.69 Å². The van der Waals surface area contributed by atoms with Crippen LogP contribution in [0.1, 0.15) is 25.3 Å². The van der Waals surface area contributed by atoms with Gasteiger partial charge in [-0.25, -0.2) is 4.39 Å². The molecular formula is C17H28FN3. The highest BCUT2D eigenvalue weighted by Gasteiger charge is 2.17. The molecule has 21 heavy (non-hydrogen) atoms. The van der Waals surface area contributed by atoms with Crippen LogP contribution in [-0.2, 0) is 6.54 Å². The Morgan fingerprint density at radius 3 is 2.95 bits per heavy atom. The number of likely N-dealkylation sites (tertiary alicyclic amines) is 1. The van der Waals surface area contributed by atoms with Gasteiger partial charge in [0.25, 0.3) is 0 Å². The quantitative estimate of drug-likeness (QED) is 0.870. The summed E-state index contributed by atoms with van der Waals surface area (Å²) in [7, 11) is 3.86. The van der Waals surface area contributed by atoms with Crippen molar-refractivity contribution in [2.24, 2.45) is 5.92 Å². The van der Waals surface area contributed by atoms with Crippen LogP contribution in [0.25, 0.3) is 0 Å². The van der Waals surface area contributed by atoms with Crippen molar-refractivity contribution in [2.75, 3.05) is 45.2 Å². The lowest BCUT2D eigenvalue weighted by Crippen LogP contribution is -2.33. The molecule has 118 valence electrons. The molecule has 0 saturated carbocycles. The van der Waals surface area contributed by atoms with E-state index in [4.69, 9.17) is 0 Å². The first-order valence-electron chi connectivity index (χ1n) is 7.96. The molecular weight excluding hydrogens is 265 g/mol. The summed E-state index contributed by atoms with van der Waals surface area (Å²) in [6.45, 7) is 7.21. The molecule has 1 saturated heterocycles. The average Bonchev–Trinajstić information content (AvgIpc) is 2.47. The third kappa shape index (κ3) is 4.68.